The van der Waals surface area contributed by atoms with Crippen molar-refractivity contribution in [3.05, 3.63) is 59.7 Å². The average Bonchev–Trinajstić information content (AvgIpc) is 2.73. The van der Waals surface area contributed by atoms with Gasteiger partial charge in [-0.1, -0.05) is 26.0 Å². The second kappa shape index (κ2) is 10.8. The Morgan fingerprint density at radius 2 is 1.63 bits per heavy atom. The lowest BCUT2D eigenvalue weighted by molar-refractivity contribution is -0.139. The fraction of sp³-hybridized carbons (Fsp3) is 0.261. The van der Waals surface area contributed by atoms with Crippen molar-refractivity contribution in [1.29, 1.82) is 0 Å². The number of rotatable bonds is 9. The first-order chi connectivity index (χ1) is 14.3. The quantitative estimate of drug-likeness (QED) is 0.291. The molecule has 0 saturated carbocycles. The second-order valence-corrected chi connectivity index (χ2v) is 6.74. The number of benzene rings is 2. The summed E-state index contributed by atoms with van der Waals surface area (Å²) in [6.07, 6.45) is 4.42. The summed E-state index contributed by atoms with van der Waals surface area (Å²) < 4.78 is 15.7. The molecule has 0 aliphatic heterocycles. The van der Waals surface area contributed by atoms with Gasteiger partial charge in [-0.2, -0.15) is 0 Å². The summed E-state index contributed by atoms with van der Waals surface area (Å²) in [6, 6.07) is 11.3. The lowest BCUT2D eigenvalue weighted by Gasteiger charge is -2.11. The summed E-state index contributed by atoms with van der Waals surface area (Å²) in [6.45, 7) is 3.58. The van der Waals surface area contributed by atoms with Gasteiger partial charge in [0.15, 0.2) is 11.5 Å². The summed E-state index contributed by atoms with van der Waals surface area (Å²) >= 11 is 0. The summed E-state index contributed by atoms with van der Waals surface area (Å²) in [4.78, 5) is 27.5. The van der Waals surface area contributed by atoms with E-state index in [1.54, 1.807) is 57.4 Å². The lowest BCUT2D eigenvalue weighted by atomic mass is 10.1. The molecule has 2 aromatic carbocycles. The number of nitrogens with zero attached hydrogens (tertiary/aromatic N) is 1. The molecule has 7 heteroatoms. The highest BCUT2D eigenvalue weighted by Crippen LogP contribution is 2.28. The monoisotopic (exact) mass is 411 g/mol. The predicted molar refractivity (Wildman–Crippen MR) is 115 cm³/mol. The van der Waals surface area contributed by atoms with Crippen LogP contribution in [0, 0.1) is 5.92 Å². The SMILES string of the molecule is COc1ccc(/C=C/C(=O)Oc2ccc(/C=N/C(C(=O)O)C(C)C)cc2OC)cc1. The summed E-state index contributed by atoms with van der Waals surface area (Å²) in [5.74, 6) is -0.373. The first-order valence-electron chi connectivity index (χ1n) is 9.32. The van der Waals surface area contributed by atoms with Gasteiger partial charge in [-0.3, -0.25) is 4.99 Å². The van der Waals surface area contributed by atoms with E-state index in [1.807, 2.05) is 12.1 Å². The molecule has 1 N–H and O–H groups in total. The first kappa shape index (κ1) is 22.7. The topological polar surface area (TPSA) is 94.4 Å². The van der Waals surface area contributed by atoms with Gasteiger partial charge in [0.2, 0.25) is 0 Å². The Bertz CT molecular complexity index is 931. The van der Waals surface area contributed by atoms with Crippen molar-refractivity contribution in [2.75, 3.05) is 14.2 Å². The fourth-order valence-electron chi connectivity index (χ4n) is 2.56. The number of esters is 1. The predicted octanol–water partition coefficient (Wildman–Crippen LogP) is 3.85. The molecule has 0 amide bonds. The maximum Gasteiger partial charge on any atom is 0.336 e. The molecular formula is C23H25NO6. The van der Waals surface area contributed by atoms with Crippen LogP contribution in [0.4, 0.5) is 0 Å². The van der Waals surface area contributed by atoms with E-state index >= 15 is 0 Å². The van der Waals surface area contributed by atoms with E-state index in [9.17, 15) is 14.7 Å². The summed E-state index contributed by atoms with van der Waals surface area (Å²) in [5, 5.41) is 9.22. The van der Waals surface area contributed by atoms with E-state index in [-0.39, 0.29) is 11.7 Å². The Balaban J connectivity index is 2.09. The molecule has 30 heavy (non-hydrogen) atoms. The number of hydrogen-bond donors (Lipinski definition) is 1. The summed E-state index contributed by atoms with van der Waals surface area (Å²) in [7, 11) is 3.04. The van der Waals surface area contributed by atoms with E-state index in [2.05, 4.69) is 4.99 Å². The van der Waals surface area contributed by atoms with Gasteiger partial charge in [-0.15, -0.1) is 0 Å². The Morgan fingerprint density at radius 3 is 2.20 bits per heavy atom. The number of hydrogen-bond acceptors (Lipinski definition) is 6. The van der Waals surface area contributed by atoms with E-state index in [0.717, 1.165) is 11.3 Å². The number of ether oxygens (including phenoxy) is 3. The highest BCUT2D eigenvalue weighted by molar-refractivity contribution is 5.89. The van der Waals surface area contributed by atoms with Crippen molar-refractivity contribution in [2.45, 2.75) is 19.9 Å². The molecule has 0 bridgehead atoms. The number of aliphatic imine (C=N–C) groups is 1. The molecule has 0 aliphatic carbocycles. The number of carboxylic acid groups (broad SMARTS) is 1. The Labute approximate surface area is 175 Å². The van der Waals surface area contributed by atoms with Gasteiger partial charge in [0.1, 0.15) is 11.8 Å². The molecule has 1 unspecified atom stereocenters. The highest BCUT2D eigenvalue weighted by Gasteiger charge is 2.19. The summed E-state index contributed by atoms with van der Waals surface area (Å²) in [5.41, 5.74) is 1.46. The Kier molecular flexibility index (Phi) is 8.17. The Morgan fingerprint density at radius 1 is 0.967 bits per heavy atom. The fourth-order valence-corrected chi connectivity index (χ4v) is 2.56. The van der Waals surface area contributed by atoms with Crippen LogP contribution in [-0.2, 0) is 9.59 Å². The Hall–Kier alpha value is -3.61. The molecule has 0 saturated heterocycles. The van der Waals surface area contributed by atoms with Crippen LogP contribution in [0.3, 0.4) is 0 Å². The molecule has 0 radical (unpaired) electrons. The van der Waals surface area contributed by atoms with Crippen molar-refractivity contribution < 1.29 is 28.9 Å². The van der Waals surface area contributed by atoms with Crippen LogP contribution in [0.5, 0.6) is 17.2 Å². The molecule has 0 aliphatic rings. The lowest BCUT2D eigenvalue weighted by Crippen LogP contribution is -2.24. The van der Waals surface area contributed by atoms with Crippen molar-refractivity contribution in [1.82, 2.24) is 0 Å². The van der Waals surface area contributed by atoms with Crippen LogP contribution in [0.2, 0.25) is 0 Å². The number of aliphatic carboxylic acids is 1. The van der Waals surface area contributed by atoms with Crippen molar-refractivity contribution >= 4 is 24.2 Å². The molecule has 2 rings (SSSR count). The molecule has 0 fully saturated rings. The first-order valence-corrected chi connectivity index (χ1v) is 9.32. The van der Waals surface area contributed by atoms with Gasteiger partial charge in [0, 0.05) is 12.3 Å². The minimum absolute atomic E-state index is 0.140. The number of carboxylic acids is 1. The van der Waals surface area contributed by atoms with E-state index < -0.39 is 18.0 Å². The van der Waals surface area contributed by atoms with Crippen LogP contribution in [-0.4, -0.2) is 43.5 Å². The molecule has 2 aromatic rings. The largest absolute Gasteiger partial charge is 0.497 e. The van der Waals surface area contributed by atoms with Crippen molar-refractivity contribution in [3.63, 3.8) is 0 Å². The third kappa shape index (κ3) is 6.48. The minimum atomic E-state index is -0.984. The van der Waals surface area contributed by atoms with Gasteiger partial charge < -0.3 is 19.3 Å². The second-order valence-electron chi connectivity index (χ2n) is 6.74. The van der Waals surface area contributed by atoms with Crippen molar-refractivity contribution in [3.8, 4) is 17.2 Å². The smallest absolute Gasteiger partial charge is 0.336 e. The minimum Gasteiger partial charge on any atom is -0.497 e. The van der Waals surface area contributed by atoms with Gasteiger partial charge in [-0.05, 0) is 53.5 Å². The average molecular weight is 411 g/mol. The molecule has 1 atom stereocenters. The van der Waals surface area contributed by atoms with Crippen LogP contribution in [0.15, 0.2) is 53.5 Å². The molecule has 0 spiro atoms. The normalized spacial score (nSPS) is 12.3. The van der Waals surface area contributed by atoms with Gasteiger partial charge in [-0.25, -0.2) is 9.59 Å². The van der Waals surface area contributed by atoms with Crippen LogP contribution in [0.1, 0.15) is 25.0 Å². The van der Waals surface area contributed by atoms with Gasteiger partial charge in [0.05, 0.1) is 14.2 Å². The van der Waals surface area contributed by atoms with Crippen molar-refractivity contribution in [2.24, 2.45) is 10.9 Å². The number of carbonyl (C=O) groups is 2. The van der Waals surface area contributed by atoms with E-state index in [0.29, 0.717) is 11.3 Å². The van der Waals surface area contributed by atoms with E-state index in [4.69, 9.17) is 14.2 Å². The number of methoxy groups -OCH3 is 2. The maximum atomic E-state index is 12.1. The molecule has 7 nitrogen and oxygen atoms in total. The van der Waals surface area contributed by atoms with E-state index in [1.165, 1.54) is 19.4 Å². The van der Waals surface area contributed by atoms with Gasteiger partial charge >= 0.3 is 11.9 Å². The molecule has 0 heterocycles. The molecular weight excluding hydrogens is 386 g/mol. The number of carbonyl (C=O) groups excluding carboxylic acids is 1. The zero-order chi connectivity index (χ0) is 22.1. The van der Waals surface area contributed by atoms with Crippen LogP contribution in [0.25, 0.3) is 6.08 Å². The van der Waals surface area contributed by atoms with Gasteiger partial charge in [0.25, 0.3) is 0 Å². The standard InChI is InChI=1S/C23H25NO6/c1-15(2)22(23(26)27)24-14-17-7-11-19(20(13-17)29-4)30-21(25)12-8-16-5-9-18(28-3)10-6-16/h5-15,22H,1-4H3,(H,26,27)/b12-8+,24-14+. The van der Waals surface area contributed by atoms with Crippen LogP contribution < -0.4 is 14.2 Å². The molecule has 158 valence electrons. The molecule has 0 aromatic heterocycles. The van der Waals surface area contributed by atoms with Crippen LogP contribution >= 0.6 is 0 Å². The zero-order valence-electron chi connectivity index (χ0n) is 17.4. The highest BCUT2D eigenvalue weighted by atomic mass is 16.6. The zero-order valence-corrected chi connectivity index (χ0v) is 17.4. The third-order valence-electron chi connectivity index (χ3n) is 4.19. The maximum absolute atomic E-state index is 12.1. The third-order valence-corrected chi connectivity index (χ3v) is 4.19.